The van der Waals surface area contributed by atoms with E-state index in [0.29, 0.717) is 36.1 Å². The van der Waals surface area contributed by atoms with E-state index in [9.17, 15) is 4.79 Å². The quantitative estimate of drug-likeness (QED) is 0.663. The number of nitrogens with two attached hydrogens (primary N) is 1. The van der Waals surface area contributed by atoms with E-state index < -0.39 is 0 Å². The molecule has 0 aliphatic heterocycles. The van der Waals surface area contributed by atoms with Crippen molar-refractivity contribution in [1.82, 2.24) is 20.3 Å². The van der Waals surface area contributed by atoms with E-state index in [4.69, 9.17) is 10.5 Å². The topological polar surface area (TPSA) is 103 Å². The highest BCUT2D eigenvalue weighted by molar-refractivity contribution is 5.92. The van der Waals surface area contributed by atoms with Crippen LogP contribution in [0.5, 0.6) is 5.88 Å². The van der Waals surface area contributed by atoms with Crippen molar-refractivity contribution in [2.45, 2.75) is 13.5 Å². The number of aromatic nitrogens is 3. The summed E-state index contributed by atoms with van der Waals surface area (Å²) in [6.07, 6.45) is 4.77. The molecule has 26 heavy (non-hydrogen) atoms. The largest absolute Gasteiger partial charge is 0.477 e. The third-order valence-electron chi connectivity index (χ3n) is 3.60. The Balaban J connectivity index is 1.67. The number of ether oxygens (including phenoxy) is 1. The van der Waals surface area contributed by atoms with Crippen molar-refractivity contribution in [1.29, 1.82) is 0 Å². The van der Waals surface area contributed by atoms with Crippen LogP contribution < -0.4 is 15.8 Å². The summed E-state index contributed by atoms with van der Waals surface area (Å²) in [5.74, 6) is 0.196. The molecule has 3 rings (SSSR count). The first-order valence-electron chi connectivity index (χ1n) is 8.19. The molecular weight excluding hydrogens is 330 g/mol. The van der Waals surface area contributed by atoms with Gasteiger partial charge in [-0.2, -0.15) is 0 Å². The summed E-state index contributed by atoms with van der Waals surface area (Å²) in [6.45, 7) is 2.78. The molecule has 1 amide bonds. The second kappa shape index (κ2) is 8.06. The van der Waals surface area contributed by atoms with Gasteiger partial charge in [0, 0.05) is 24.0 Å². The van der Waals surface area contributed by atoms with Crippen LogP contribution in [0.2, 0.25) is 0 Å². The molecule has 0 radical (unpaired) electrons. The van der Waals surface area contributed by atoms with Gasteiger partial charge in [-0.1, -0.05) is 12.1 Å². The number of hydrogen-bond donors (Lipinski definition) is 2. The summed E-state index contributed by atoms with van der Waals surface area (Å²) in [5.41, 5.74) is 9.04. The molecule has 3 aromatic rings. The number of nitrogens with one attached hydrogen (secondary N) is 1. The molecule has 0 aliphatic rings. The molecule has 7 nitrogen and oxygen atoms in total. The van der Waals surface area contributed by atoms with E-state index in [0.717, 1.165) is 11.1 Å². The molecule has 0 saturated carbocycles. The molecule has 1 aromatic carbocycles. The Morgan fingerprint density at radius 1 is 1.19 bits per heavy atom. The first-order valence-corrected chi connectivity index (χ1v) is 8.19. The van der Waals surface area contributed by atoms with Gasteiger partial charge in [0.2, 0.25) is 5.88 Å². The van der Waals surface area contributed by atoms with Gasteiger partial charge in [-0.15, -0.1) is 0 Å². The van der Waals surface area contributed by atoms with Gasteiger partial charge in [-0.3, -0.25) is 14.8 Å². The van der Waals surface area contributed by atoms with Crippen LogP contribution in [0.25, 0.3) is 11.3 Å². The molecule has 0 bridgehead atoms. The highest BCUT2D eigenvalue weighted by Crippen LogP contribution is 2.18. The first-order chi connectivity index (χ1) is 12.7. The second-order valence-electron chi connectivity index (χ2n) is 5.54. The lowest BCUT2D eigenvalue weighted by Crippen LogP contribution is -2.23. The van der Waals surface area contributed by atoms with Gasteiger partial charge >= 0.3 is 0 Å². The van der Waals surface area contributed by atoms with E-state index in [2.05, 4.69) is 20.3 Å². The van der Waals surface area contributed by atoms with Crippen LogP contribution in [0.3, 0.4) is 0 Å². The maximum Gasteiger partial charge on any atom is 0.270 e. The SMILES string of the molecule is CCOc1cncc(-c2ccc(C(=O)NCc3cccc(N)c3)nc2)n1. The fourth-order valence-corrected chi connectivity index (χ4v) is 2.36. The minimum Gasteiger partial charge on any atom is -0.477 e. The fourth-order valence-electron chi connectivity index (χ4n) is 2.36. The molecule has 2 heterocycles. The monoisotopic (exact) mass is 349 g/mol. The van der Waals surface area contributed by atoms with Crippen LogP contribution in [0.1, 0.15) is 23.0 Å². The zero-order chi connectivity index (χ0) is 18.4. The van der Waals surface area contributed by atoms with Crippen molar-refractivity contribution in [2.24, 2.45) is 0 Å². The minimum atomic E-state index is -0.256. The van der Waals surface area contributed by atoms with Crippen molar-refractivity contribution < 1.29 is 9.53 Å². The highest BCUT2D eigenvalue weighted by atomic mass is 16.5. The van der Waals surface area contributed by atoms with Gasteiger partial charge in [-0.25, -0.2) is 4.98 Å². The minimum absolute atomic E-state index is 0.256. The van der Waals surface area contributed by atoms with Gasteiger partial charge in [0.25, 0.3) is 5.91 Å². The fraction of sp³-hybridized carbons (Fsp3) is 0.158. The van der Waals surface area contributed by atoms with E-state index >= 15 is 0 Å². The lowest BCUT2D eigenvalue weighted by atomic mass is 10.2. The third-order valence-corrected chi connectivity index (χ3v) is 3.60. The Morgan fingerprint density at radius 2 is 2.08 bits per heavy atom. The summed E-state index contributed by atoms with van der Waals surface area (Å²) in [5, 5.41) is 2.82. The predicted octanol–water partition coefficient (Wildman–Crippen LogP) is 2.45. The standard InChI is InChI=1S/C19H19N5O2/c1-2-26-18-12-21-11-17(24-18)14-6-7-16(22-10-14)19(25)23-9-13-4-3-5-15(20)8-13/h3-8,10-12H,2,9,20H2,1H3,(H,23,25). The van der Waals surface area contributed by atoms with Gasteiger partial charge in [-0.05, 0) is 36.8 Å². The number of carbonyl (C=O) groups excluding carboxylic acids is 1. The number of hydrogen-bond acceptors (Lipinski definition) is 6. The summed E-state index contributed by atoms with van der Waals surface area (Å²) in [6, 6.07) is 10.8. The van der Waals surface area contributed by atoms with Crippen LogP contribution in [0, 0.1) is 0 Å². The van der Waals surface area contributed by atoms with Gasteiger partial charge in [0.1, 0.15) is 5.69 Å². The van der Waals surface area contributed by atoms with E-state index in [1.54, 1.807) is 36.8 Å². The molecule has 3 N–H and O–H groups in total. The van der Waals surface area contributed by atoms with Crippen molar-refractivity contribution in [2.75, 3.05) is 12.3 Å². The van der Waals surface area contributed by atoms with Crippen LogP contribution in [-0.4, -0.2) is 27.5 Å². The molecule has 0 saturated heterocycles. The predicted molar refractivity (Wildman–Crippen MR) is 98.5 cm³/mol. The number of carbonyl (C=O) groups is 1. The van der Waals surface area contributed by atoms with Crippen molar-refractivity contribution >= 4 is 11.6 Å². The molecule has 0 aliphatic carbocycles. The Hall–Kier alpha value is -3.48. The molecule has 0 unspecified atom stereocenters. The zero-order valence-electron chi connectivity index (χ0n) is 14.3. The smallest absolute Gasteiger partial charge is 0.270 e. The number of pyridine rings is 1. The summed E-state index contributed by atoms with van der Waals surface area (Å²) < 4.78 is 5.35. The summed E-state index contributed by atoms with van der Waals surface area (Å²) >= 11 is 0. The first kappa shape index (κ1) is 17.3. The third kappa shape index (κ3) is 4.32. The number of benzene rings is 1. The van der Waals surface area contributed by atoms with Crippen molar-refractivity contribution in [3.05, 3.63) is 66.2 Å². The maximum atomic E-state index is 12.2. The number of nitrogen functional groups attached to an aromatic ring is 1. The van der Waals surface area contributed by atoms with Crippen molar-refractivity contribution in [3.63, 3.8) is 0 Å². The Kier molecular flexibility index (Phi) is 5.38. The average molecular weight is 349 g/mol. The zero-order valence-corrected chi connectivity index (χ0v) is 14.3. The van der Waals surface area contributed by atoms with Crippen LogP contribution in [-0.2, 0) is 6.54 Å². The Bertz CT molecular complexity index is 896. The van der Waals surface area contributed by atoms with Gasteiger partial charge in [0.05, 0.1) is 24.7 Å². The number of nitrogens with zero attached hydrogens (tertiary/aromatic N) is 3. The van der Waals surface area contributed by atoms with Crippen LogP contribution in [0.4, 0.5) is 5.69 Å². The molecule has 0 atom stereocenters. The molecule has 0 spiro atoms. The van der Waals surface area contributed by atoms with Crippen molar-refractivity contribution in [3.8, 4) is 17.1 Å². The lowest BCUT2D eigenvalue weighted by molar-refractivity contribution is 0.0946. The highest BCUT2D eigenvalue weighted by Gasteiger charge is 2.09. The molecule has 2 aromatic heterocycles. The van der Waals surface area contributed by atoms with Gasteiger partial charge < -0.3 is 15.8 Å². The summed E-state index contributed by atoms with van der Waals surface area (Å²) in [4.78, 5) is 24.9. The van der Waals surface area contributed by atoms with E-state index in [1.165, 1.54) is 0 Å². The van der Waals surface area contributed by atoms with Crippen LogP contribution in [0.15, 0.2) is 55.0 Å². The number of amides is 1. The van der Waals surface area contributed by atoms with Crippen LogP contribution >= 0.6 is 0 Å². The normalized spacial score (nSPS) is 10.3. The Labute approximate surface area is 151 Å². The second-order valence-corrected chi connectivity index (χ2v) is 5.54. The molecule has 0 fully saturated rings. The van der Waals surface area contributed by atoms with E-state index in [1.807, 2.05) is 25.1 Å². The number of anilines is 1. The maximum absolute atomic E-state index is 12.2. The Morgan fingerprint density at radius 3 is 2.81 bits per heavy atom. The van der Waals surface area contributed by atoms with Gasteiger partial charge in [0.15, 0.2) is 0 Å². The molecule has 132 valence electrons. The average Bonchev–Trinajstić information content (AvgIpc) is 2.67. The number of rotatable bonds is 6. The van der Waals surface area contributed by atoms with E-state index in [-0.39, 0.29) is 5.91 Å². The molecular formula is C19H19N5O2. The molecule has 7 heteroatoms. The summed E-state index contributed by atoms with van der Waals surface area (Å²) in [7, 11) is 0. The lowest BCUT2D eigenvalue weighted by Gasteiger charge is -2.07.